The molecule has 2 amide bonds. The van der Waals surface area contributed by atoms with Crippen molar-refractivity contribution in [2.24, 2.45) is 0 Å². The monoisotopic (exact) mass is 725 g/mol. The molecule has 0 saturated carbocycles. The van der Waals surface area contributed by atoms with Crippen LogP contribution >= 0.6 is 27.5 Å². The Morgan fingerprint density at radius 1 is 0.913 bits per heavy atom. The van der Waals surface area contributed by atoms with Gasteiger partial charge in [0.1, 0.15) is 18.3 Å². The van der Waals surface area contributed by atoms with Crippen LogP contribution in [0.15, 0.2) is 106 Å². The van der Waals surface area contributed by atoms with Crippen molar-refractivity contribution in [3.8, 4) is 5.75 Å². The van der Waals surface area contributed by atoms with E-state index in [1.165, 1.54) is 30.2 Å². The maximum Gasteiger partial charge on any atom is 0.264 e. The van der Waals surface area contributed by atoms with Gasteiger partial charge in [0.15, 0.2) is 0 Å². The third-order valence-corrected chi connectivity index (χ3v) is 9.74. The third-order valence-electron chi connectivity index (χ3n) is 7.24. The number of methoxy groups -OCH3 is 1. The van der Waals surface area contributed by atoms with Gasteiger partial charge in [-0.3, -0.25) is 13.9 Å². The van der Waals surface area contributed by atoms with E-state index in [1.807, 2.05) is 75.4 Å². The summed E-state index contributed by atoms with van der Waals surface area (Å²) in [5.41, 5.74) is 2.57. The number of hydrogen-bond donors (Lipinski definition) is 1. The molecular weight excluding hydrogens is 690 g/mol. The highest BCUT2D eigenvalue weighted by molar-refractivity contribution is 9.10. The van der Waals surface area contributed by atoms with Crippen LogP contribution in [-0.4, -0.2) is 50.9 Å². The van der Waals surface area contributed by atoms with Crippen molar-refractivity contribution >= 4 is 55.1 Å². The van der Waals surface area contributed by atoms with Crippen molar-refractivity contribution in [1.29, 1.82) is 0 Å². The number of nitrogens with zero attached hydrogens (tertiary/aromatic N) is 2. The maximum atomic E-state index is 14.6. The van der Waals surface area contributed by atoms with Crippen molar-refractivity contribution in [2.75, 3.05) is 18.0 Å². The van der Waals surface area contributed by atoms with Gasteiger partial charge in [-0.25, -0.2) is 8.42 Å². The first-order chi connectivity index (χ1) is 21.9. The van der Waals surface area contributed by atoms with Crippen LogP contribution < -0.4 is 14.4 Å². The Morgan fingerprint density at radius 3 is 2.22 bits per heavy atom. The van der Waals surface area contributed by atoms with Crippen LogP contribution in [0, 0.1) is 6.92 Å². The molecule has 242 valence electrons. The smallest absolute Gasteiger partial charge is 0.264 e. The van der Waals surface area contributed by atoms with Crippen molar-refractivity contribution in [3.63, 3.8) is 0 Å². The molecular formula is C35H37BrClN3O5S. The molecule has 0 fully saturated rings. The molecule has 0 aliphatic carbocycles. The van der Waals surface area contributed by atoms with E-state index < -0.39 is 28.5 Å². The molecule has 0 heterocycles. The average molecular weight is 727 g/mol. The van der Waals surface area contributed by atoms with E-state index in [0.717, 1.165) is 25.5 Å². The third kappa shape index (κ3) is 8.90. The lowest BCUT2D eigenvalue weighted by Crippen LogP contribution is -2.54. The van der Waals surface area contributed by atoms with Gasteiger partial charge in [0.2, 0.25) is 11.8 Å². The molecule has 0 unspecified atom stereocenters. The Hall–Kier alpha value is -3.86. The number of halogens is 2. The van der Waals surface area contributed by atoms with E-state index in [-0.39, 0.29) is 46.3 Å². The standard InChI is InChI=1S/C35H37BrClN3O5S/c1-24(2)38-35(42)32(20-26-9-6-5-7-10-26)39(22-27-11-8-12-28(36)19-27)34(41)23-40(31-21-29(37)15-18-33(31)45-4)46(43,44)30-16-13-25(3)14-17-30/h5-19,21,24,32H,20,22-23H2,1-4H3,(H,38,42)/t32-/m1/s1. The Morgan fingerprint density at radius 2 is 1.59 bits per heavy atom. The highest BCUT2D eigenvalue weighted by atomic mass is 79.9. The maximum absolute atomic E-state index is 14.6. The Balaban J connectivity index is 1.86. The van der Waals surface area contributed by atoms with Crippen LogP contribution in [0.5, 0.6) is 5.75 Å². The predicted octanol–water partition coefficient (Wildman–Crippen LogP) is 6.78. The van der Waals surface area contributed by atoms with Gasteiger partial charge in [0.25, 0.3) is 10.0 Å². The Kier molecular flexibility index (Phi) is 11.9. The van der Waals surface area contributed by atoms with Crippen LogP contribution in [0.1, 0.15) is 30.5 Å². The van der Waals surface area contributed by atoms with E-state index in [9.17, 15) is 18.0 Å². The van der Waals surface area contributed by atoms with E-state index in [0.29, 0.717) is 0 Å². The zero-order valence-corrected chi connectivity index (χ0v) is 29.3. The second-order valence-electron chi connectivity index (χ2n) is 11.2. The van der Waals surface area contributed by atoms with E-state index in [2.05, 4.69) is 21.2 Å². The molecule has 1 atom stereocenters. The SMILES string of the molecule is COc1ccc(Cl)cc1N(CC(=O)N(Cc1cccc(Br)c1)[C@H](Cc1ccccc1)C(=O)NC(C)C)S(=O)(=O)c1ccc(C)cc1. The quantitative estimate of drug-likeness (QED) is 0.164. The number of carbonyl (C=O) groups is 2. The molecule has 1 N–H and O–H groups in total. The number of rotatable bonds is 13. The summed E-state index contributed by atoms with van der Waals surface area (Å²) in [6.45, 7) is 4.97. The van der Waals surface area contributed by atoms with Gasteiger partial charge in [0, 0.05) is 28.5 Å². The minimum atomic E-state index is -4.31. The van der Waals surface area contributed by atoms with Crippen LogP contribution in [0.4, 0.5) is 5.69 Å². The van der Waals surface area contributed by atoms with Gasteiger partial charge in [-0.05, 0) is 74.4 Å². The number of hydrogen-bond acceptors (Lipinski definition) is 5. The zero-order valence-electron chi connectivity index (χ0n) is 26.1. The lowest BCUT2D eigenvalue weighted by atomic mass is 10.0. The summed E-state index contributed by atoms with van der Waals surface area (Å²) in [4.78, 5) is 29.9. The van der Waals surface area contributed by atoms with Crippen molar-refractivity contribution < 1.29 is 22.7 Å². The van der Waals surface area contributed by atoms with Crippen LogP contribution in [0.25, 0.3) is 0 Å². The molecule has 11 heteroatoms. The normalized spacial score (nSPS) is 12.0. The topological polar surface area (TPSA) is 96.0 Å². The molecule has 0 aliphatic heterocycles. The van der Waals surface area contributed by atoms with Crippen LogP contribution in [0.2, 0.25) is 5.02 Å². The molecule has 0 aliphatic rings. The Bertz CT molecular complexity index is 1770. The fraction of sp³-hybridized carbons (Fsp3) is 0.257. The minimum absolute atomic E-state index is 0.00939. The van der Waals surface area contributed by atoms with Gasteiger partial charge in [-0.2, -0.15) is 0 Å². The van der Waals surface area contributed by atoms with Gasteiger partial charge >= 0.3 is 0 Å². The molecule has 4 aromatic rings. The fourth-order valence-electron chi connectivity index (χ4n) is 4.98. The van der Waals surface area contributed by atoms with Gasteiger partial charge in [0.05, 0.1) is 17.7 Å². The molecule has 0 bridgehead atoms. The largest absolute Gasteiger partial charge is 0.495 e. The number of anilines is 1. The number of benzene rings is 4. The molecule has 8 nitrogen and oxygen atoms in total. The molecule has 0 aromatic heterocycles. The van der Waals surface area contributed by atoms with Crippen molar-refractivity contribution in [3.05, 3.63) is 123 Å². The number of aryl methyl sites for hydroxylation is 1. The first-order valence-corrected chi connectivity index (χ1v) is 17.3. The van der Waals surface area contributed by atoms with Crippen LogP contribution in [-0.2, 0) is 32.6 Å². The minimum Gasteiger partial charge on any atom is -0.495 e. The second kappa shape index (κ2) is 15.6. The molecule has 0 radical (unpaired) electrons. The second-order valence-corrected chi connectivity index (χ2v) is 14.4. The van der Waals surface area contributed by atoms with Crippen molar-refractivity contribution in [2.45, 2.75) is 50.7 Å². The van der Waals surface area contributed by atoms with Crippen molar-refractivity contribution in [1.82, 2.24) is 10.2 Å². The number of nitrogens with one attached hydrogen (secondary N) is 1. The lowest BCUT2D eigenvalue weighted by molar-refractivity contribution is -0.140. The zero-order chi connectivity index (χ0) is 33.4. The van der Waals surface area contributed by atoms with E-state index >= 15 is 0 Å². The van der Waals surface area contributed by atoms with E-state index in [4.69, 9.17) is 16.3 Å². The molecule has 0 spiro atoms. The highest BCUT2D eigenvalue weighted by Gasteiger charge is 2.36. The Labute approximate surface area is 284 Å². The molecule has 4 rings (SSSR count). The first-order valence-electron chi connectivity index (χ1n) is 14.7. The summed E-state index contributed by atoms with van der Waals surface area (Å²) >= 11 is 9.85. The predicted molar refractivity (Wildman–Crippen MR) is 186 cm³/mol. The molecule has 0 saturated heterocycles. The fourth-order valence-corrected chi connectivity index (χ4v) is 7.01. The lowest BCUT2D eigenvalue weighted by Gasteiger charge is -2.34. The average Bonchev–Trinajstić information content (AvgIpc) is 3.01. The van der Waals surface area contributed by atoms with E-state index in [1.54, 1.807) is 24.3 Å². The summed E-state index contributed by atoms with van der Waals surface area (Å²) in [5, 5.41) is 3.22. The van der Waals surface area contributed by atoms with Crippen LogP contribution in [0.3, 0.4) is 0 Å². The summed E-state index contributed by atoms with van der Waals surface area (Å²) in [6.07, 6.45) is 0.213. The first kappa shape index (κ1) is 35.0. The summed E-state index contributed by atoms with van der Waals surface area (Å²) < 4.78 is 35.9. The summed E-state index contributed by atoms with van der Waals surface area (Å²) in [6, 6.07) is 26.6. The molecule has 4 aromatic carbocycles. The van der Waals surface area contributed by atoms with Gasteiger partial charge in [-0.15, -0.1) is 0 Å². The van der Waals surface area contributed by atoms with Gasteiger partial charge in [-0.1, -0.05) is 87.7 Å². The number of carbonyl (C=O) groups excluding carboxylic acids is 2. The number of ether oxygens (including phenoxy) is 1. The number of amides is 2. The summed E-state index contributed by atoms with van der Waals surface area (Å²) in [7, 11) is -2.90. The highest BCUT2D eigenvalue weighted by Crippen LogP contribution is 2.35. The summed E-state index contributed by atoms with van der Waals surface area (Å²) in [5.74, 6) is -0.724. The number of sulfonamides is 1. The van der Waals surface area contributed by atoms with Gasteiger partial charge < -0.3 is 15.0 Å². The molecule has 46 heavy (non-hydrogen) atoms.